The Balaban J connectivity index is 3.35. The minimum Gasteiger partial charge on any atom is -0.431 e. The lowest BCUT2D eigenvalue weighted by molar-refractivity contribution is -0.139. The van der Waals surface area contributed by atoms with Gasteiger partial charge in [-0.05, 0) is 32.3 Å². The van der Waals surface area contributed by atoms with E-state index in [-0.39, 0.29) is 5.97 Å². The topological polar surface area (TPSA) is 26.3 Å². The van der Waals surface area contributed by atoms with E-state index < -0.39 is 0 Å². The molecule has 0 aromatic heterocycles. The number of carbonyl (C=O) groups is 1. The smallest absolute Gasteiger partial charge is 0.310 e. The van der Waals surface area contributed by atoms with Gasteiger partial charge in [0.15, 0.2) is 0 Å². The minimum atomic E-state index is -0.0672. The van der Waals surface area contributed by atoms with Gasteiger partial charge < -0.3 is 4.74 Å². The number of carbonyl (C=O) groups excluding carboxylic acids is 1. The van der Waals surface area contributed by atoms with Crippen LogP contribution < -0.4 is 0 Å². The lowest BCUT2D eigenvalue weighted by Gasteiger charge is -2.07. The molecule has 23 heavy (non-hydrogen) atoms. The predicted octanol–water partition coefficient (Wildman–Crippen LogP) is 7.32. The van der Waals surface area contributed by atoms with Crippen LogP contribution in [-0.2, 0) is 9.53 Å². The van der Waals surface area contributed by atoms with Crippen LogP contribution in [0, 0.1) is 0 Å². The number of esters is 1. The molecule has 2 heteroatoms. The zero-order valence-electron chi connectivity index (χ0n) is 16.2. The molecule has 0 rings (SSSR count). The first-order valence-corrected chi connectivity index (χ1v) is 9.98. The van der Waals surface area contributed by atoms with E-state index in [1.54, 1.807) is 0 Å². The van der Waals surface area contributed by atoms with Crippen molar-refractivity contribution in [1.82, 2.24) is 0 Å². The van der Waals surface area contributed by atoms with Gasteiger partial charge in [-0.15, -0.1) is 0 Å². The third kappa shape index (κ3) is 14.5. The summed E-state index contributed by atoms with van der Waals surface area (Å²) in [5.74, 6) is 0.721. The van der Waals surface area contributed by atoms with Crippen LogP contribution in [0.15, 0.2) is 11.3 Å². The molecule has 0 amide bonds. The second-order valence-electron chi connectivity index (χ2n) is 6.80. The summed E-state index contributed by atoms with van der Waals surface area (Å²) < 4.78 is 5.34. The maximum Gasteiger partial charge on any atom is 0.310 e. The fourth-order valence-corrected chi connectivity index (χ4v) is 2.67. The molecule has 0 aliphatic heterocycles. The molecule has 0 aliphatic rings. The normalized spacial score (nSPS) is 12.2. The Bertz CT molecular complexity index is 318. The lowest BCUT2D eigenvalue weighted by atomic mass is 10.0. The zero-order valence-corrected chi connectivity index (χ0v) is 16.2. The zero-order chi connectivity index (χ0) is 17.3. The van der Waals surface area contributed by atoms with E-state index in [2.05, 4.69) is 13.8 Å². The van der Waals surface area contributed by atoms with Crippen LogP contribution in [0.25, 0.3) is 0 Å². The van der Waals surface area contributed by atoms with Crippen LogP contribution in [0.3, 0.4) is 0 Å². The first-order chi connectivity index (χ1) is 11.1. The number of unbranched alkanes of at least 4 members (excludes halogenated alkanes) is 11. The van der Waals surface area contributed by atoms with Crippen molar-refractivity contribution in [3.8, 4) is 0 Å². The molecule has 2 nitrogen and oxygen atoms in total. The molecule has 0 heterocycles. The van der Waals surface area contributed by atoms with E-state index in [0.717, 1.165) is 30.6 Å². The van der Waals surface area contributed by atoms with Crippen molar-refractivity contribution in [3.05, 3.63) is 11.3 Å². The van der Waals surface area contributed by atoms with Crippen LogP contribution in [0.4, 0.5) is 0 Å². The fourth-order valence-electron chi connectivity index (χ4n) is 2.67. The lowest BCUT2D eigenvalue weighted by Crippen LogP contribution is -2.03. The van der Waals surface area contributed by atoms with E-state index in [1.165, 1.54) is 64.2 Å². The SMILES string of the molecule is CCCCCCCCCCCCCCC(=O)OC(C)=C(C)CC. The number of allylic oxidation sites excluding steroid dienone is 2. The predicted molar refractivity (Wildman–Crippen MR) is 100 cm³/mol. The summed E-state index contributed by atoms with van der Waals surface area (Å²) in [6.07, 6.45) is 17.3. The highest BCUT2D eigenvalue weighted by molar-refractivity contribution is 5.70. The molecule has 0 spiro atoms. The van der Waals surface area contributed by atoms with Crippen LogP contribution in [0.5, 0.6) is 0 Å². The van der Waals surface area contributed by atoms with Gasteiger partial charge in [-0.25, -0.2) is 0 Å². The van der Waals surface area contributed by atoms with Gasteiger partial charge in [0.25, 0.3) is 0 Å². The van der Waals surface area contributed by atoms with E-state index in [4.69, 9.17) is 4.74 Å². The van der Waals surface area contributed by atoms with Crippen molar-refractivity contribution < 1.29 is 9.53 Å². The van der Waals surface area contributed by atoms with Crippen molar-refractivity contribution in [3.63, 3.8) is 0 Å². The maximum atomic E-state index is 11.7. The molecule has 0 saturated heterocycles. The summed E-state index contributed by atoms with van der Waals surface area (Å²) in [6, 6.07) is 0. The Morgan fingerprint density at radius 3 is 1.57 bits per heavy atom. The van der Waals surface area contributed by atoms with Gasteiger partial charge in [-0.3, -0.25) is 4.79 Å². The van der Waals surface area contributed by atoms with Gasteiger partial charge in [-0.1, -0.05) is 84.5 Å². The average Bonchev–Trinajstić information content (AvgIpc) is 2.54. The summed E-state index contributed by atoms with van der Waals surface area (Å²) in [4.78, 5) is 11.7. The molecule has 0 radical (unpaired) electrons. The van der Waals surface area contributed by atoms with E-state index in [0.29, 0.717) is 6.42 Å². The molecule has 0 saturated carbocycles. The molecule has 0 fully saturated rings. The molecule has 0 aromatic rings. The Kier molecular flexibility index (Phi) is 15.5. The van der Waals surface area contributed by atoms with Crippen molar-refractivity contribution in [2.45, 2.75) is 118 Å². The Morgan fingerprint density at radius 2 is 1.13 bits per heavy atom. The van der Waals surface area contributed by atoms with Crippen molar-refractivity contribution in [2.24, 2.45) is 0 Å². The molecule has 136 valence electrons. The summed E-state index contributed by atoms with van der Waals surface area (Å²) in [7, 11) is 0. The van der Waals surface area contributed by atoms with Crippen LogP contribution in [-0.4, -0.2) is 5.97 Å². The average molecular weight is 325 g/mol. The molecule has 0 bridgehead atoms. The van der Waals surface area contributed by atoms with Crippen LogP contribution >= 0.6 is 0 Å². The largest absolute Gasteiger partial charge is 0.431 e. The third-order valence-corrected chi connectivity index (χ3v) is 4.63. The number of hydrogen-bond donors (Lipinski definition) is 0. The summed E-state index contributed by atoms with van der Waals surface area (Å²) in [5, 5.41) is 0. The summed E-state index contributed by atoms with van der Waals surface area (Å²) in [5.41, 5.74) is 1.16. The first kappa shape index (κ1) is 22.2. The van der Waals surface area contributed by atoms with Gasteiger partial charge in [0.2, 0.25) is 0 Å². The Hall–Kier alpha value is -0.790. The molecule has 0 atom stereocenters. The minimum absolute atomic E-state index is 0.0672. The molecule has 0 aliphatic carbocycles. The second-order valence-corrected chi connectivity index (χ2v) is 6.80. The highest BCUT2D eigenvalue weighted by atomic mass is 16.5. The molecule has 0 aromatic carbocycles. The number of rotatable bonds is 15. The van der Waals surface area contributed by atoms with Crippen molar-refractivity contribution in [1.29, 1.82) is 0 Å². The summed E-state index contributed by atoms with van der Waals surface area (Å²) >= 11 is 0. The maximum absolute atomic E-state index is 11.7. The van der Waals surface area contributed by atoms with E-state index in [9.17, 15) is 4.79 Å². The van der Waals surface area contributed by atoms with Crippen molar-refractivity contribution >= 4 is 5.97 Å². The highest BCUT2D eigenvalue weighted by Crippen LogP contribution is 2.14. The Labute approximate surface area is 145 Å². The summed E-state index contributed by atoms with van der Waals surface area (Å²) in [6.45, 7) is 8.26. The van der Waals surface area contributed by atoms with Crippen molar-refractivity contribution in [2.75, 3.05) is 0 Å². The molecular formula is C21H40O2. The monoisotopic (exact) mass is 324 g/mol. The highest BCUT2D eigenvalue weighted by Gasteiger charge is 2.05. The second kappa shape index (κ2) is 16.1. The van der Waals surface area contributed by atoms with Gasteiger partial charge in [0.1, 0.15) is 5.76 Å². The first-order valence-electron chi connectivity index (χ1n) is 9.98. The number of hydrogen-bond acceptors (Lipinski definition) is 2. The van der Waals surface area contributed by atoms with Gasteiger partial charge in [-0.2, -0.15) is 0 Å². The van der Waals surface area contributed by atoms with Crippen LogP contribution in [0.1, 0.15) is 118 Å². The van der Waals surface area contributed by atoms with Gasteiger partial charge in [0, 0.05) is 6.42 Å². The fraction of sp³-hybridized carbons (Fsp3) is 0.857. The van der Waals surface area contributed by atoms with Gasteiger partial charge >= 0.3 is 5.97 Å². The Morgan fingerprint density at radius 1 is 0.696 bits per heavy atom. The molecular weight excluding hydrogens is 284 g/mol. The van der Waals surface area contributed by atoms with Gasteiger partial charge in [0.05, 0.1) is 0 Å². The molecule has 0 unspecified atom stereocenters. The third-order valence-electron chi connectivity index (χ3n) is 4.63. The standard InChI is InChI=1S/C21H40O2/c1-5-7-8-9-10-11-12-13-14-15-16-17-18-21(22)23-20(4)19(3)6-2/h5-18H2,1-4H3. The number of ether oxygens (including phenoxy) is 1. The quantitative estimate of drug-likeness (QED) is 0.179. The molecule has 0 N–H and O–H groups in total. The van der Waals surface area contributed by atoms with E-state index in [1.807, 2.05) is 13.8 Å². The van der Waals surface area contributed by atoms with Crippen LogP contribution in [0.2, 0.25) is 0 Å². The van der Waals surface area contributed by atoms with E-state index >= 15 is 0 Å².